The molecule has 1 aromatic carbocycles. The predicted molar refractivity (Wildman–Crippen MR) is 111 cm³/mol. The van der Waals surface area contributed by atoms with Crippen LogP contribution in [0.3, 0.4) is 0 Å². The molecule has 0 bridgehead atoms. The van der Waals surface area contributed by atoms with Gasteiger partial charge in [0.1, 0.15) is 19.0 Å². The number of carbonyl (C=O) groups excluding carboxylic acids is 1. The summed E-state index contributed by atoms with van der Waals surface area (Å²) >= 11 is 0. The maximum absolute atomic E-state index is 14.8. The Morgan fingerprint density at radius 1 is 1.19 bits per heavy atom. The average Bonchev–Trinajstić information content (AvgIpc) is 2.77. The van der Waals surface area contributed by atoms with E-state index in [1.165, 1.54) is 37.7 Å². The van der Waals surface area contributed by atoms with Crippen molar-refractivity contribution >= 4 is 12.1 Å². The van der Waals surface area contributed by atoms with Crippen LogP contribution < -0.4 is 15.8 Å². The van der Waals surface area contributed by atoms with Crippen molar-refractivity contribution in [2.45, 2.75) is 44.8 Å². The molecule has 4 N–H and O–H groups in total. The molecule has 31 heavy (non-hydrogen) atoms. The van der Waals surface area contributed by atoms with Gasteiger partial charge in [0.2, 0.25) is 0 Å². The van der Waals surface area contributed by atoms with E-state index in [0.717, 1.165) is 12.8 Å². The summed E-state index contributed by atoms with van der Waals surface area (Å²) in [6, 6.07) is 4.89. The van der Waals surface area contributed by atoms with E-state index >= 15 is 0 Å². The molecule has 1 aliphatic carbocycles. The van der Waals surface area contributed by atoms with Crippen LogP contribution in [-0.4, -0.2) is 41.3 Å². The van der Waals surface area contributed by atoms with Gasteiger partial charge in [-0.25, -0.2) is 19.2 Å². The number of hydrogen-bond acceptors (Lipinski definition) is 7. The highest BCUT2D eigenvalue weighted by Crippen LogP contribution is 2.25. The van der Waals surface area contributed by atoms with E-state index in [-0.39, 0.29) is 23.7 Å². The summed E-state index contributed by atoms with van der Waals surface area (Å²) in [5.74, 6) is -1.12. The van der Waals surface area contributed by atoms with Gasteiger partial charge in [-0.3, -0.25) is 10.7 Å². The Balaban J connectivity index is 1.52. The molecule has 1 aliphatic rings. The molecule has 2 aromatic rings. The van der Waals surface area contributed by atoms with E-state index in [1.54, 1.807) is 12.1 Å². The first-order valence-electron chi connectivity index (χ1n) is 10.1. The Kier molecular flexibility index (Phi) is 8.11. The number of guanidine groups is 1. The first-order chi connectivity index (χ1) is 15.0. The highest BCUT2D eigenvalue weighted by Gasteiger charge is 2.15. The number of aromatic nitrogens is 2. The Hall–Kier alpha value is -3.27. The molecule has 0 unspecified atom stereocenters. The third-order valence-corrected chi connectivity index (χ3v) is 4.83. The van der Waals surface area contributed by atoms with Crippen LogP contribution in [0.4, 0.5) is 9.18 Å². The van der Waals surface area contributed by atoms with Gasteiger partial charge < -0.3 is 19.9 Å². The summed E-state index contributed by atoms with van der Waals surface area (Å²) < 4.78 is 31.0. The van der Waals surface area contributed by atoms with Gasteiger partial charge in [-0.1, -0.05) is 37.5 Å². The van der Waals surface area contributed by atoms with Gasteiger partial charge in [0.25, 0.3) is 0 Å². The monoisotopic (exact) mass is 431 g/mol. The Bertz CT molecular complexity index is 888. The van der Waals surface area contributed by atoms with Crippen LogP contribution in [0.2, 0.25) is 0 Å². The molecule has 166 valence electrons. The summed E-state index contributed by atoms with van der Waals surface area (Å²) in [7, 11) is 0. The molecule has 1 aromatic heterocycles. The van der Waals surface area contributed by atoms with Crippen molar-refractivity contribution in [1.29, 1.82) is 5.41 Å². The molecule has 1 heterocycles. The van der Waals surface area contributed by atoms with Gasteiger partial charge in [0, 0.05) is 29.1 Å². The molecule has 0 aliphatic heterocycles. The van der Waals surface area contributed by atoms with Crippen LogP contribution in [0.25, 0.3) is 11.1 Å². The number of carbonyl (C=O) groups is 1. The second kappa shape index (κ2) is 11.2. The minimum atomic E-state index is -0.936. The molecule has 1 saturated carbocycles. The zero-order chi connectivity index (χ0) is 22.1. The maximum atomic E-state index is 14.8. The van der Waals surface area contributed by atoms with Gasteiger partial charge in [-0.05, 0) is 12.8 Å². The van der Waals surface area contributed by atoms with E-state index in [0.29, 0.717) is 24.9 Å². The largest absolute Gasteiger partial charge is 0.461 e. The lowest BCUT2D eigenvalue weighted by Gasteiger charge is -2.21. The quantitative estimate of drug-likeness (QED) is 0.332. The molecular formula is C21H26FN5O4. The van der Waals surface area contributed by atoms with Crippen molar-refractivity contribution in [3.8, 4) is 17.1 Å². The van der Waals surface area contributed by atoms with Gasteiger partial charge in [-0.2, -0.15) is 0 Å². The zero-order valence-electron chi connectivity index (χ0n) is 17.1. The third-order valence-electron chi connectivity index (χ3n) is 4.83. The number of ether oxygens (including phenoxy) is 3. The number of hydrogen-bond donors (Lipinski definition) is 3. The minimum absolute atomic E-state index is 0.163. The highest BCUT2D eigenvalue weighted by molar-refractivity contribution is 5.90. The standard InChI is InChI=1S/C21H26FN5O4/c22-18-14(13-31-21(28)27-19(23)24)5-4-8-17(18)15-11-25-20(26-12-15)30-10-9-29-16-6-2-1-3-7-16/h4-5,8,11-12,16H,1-3,6-7,9-10,13H2,(H4,23,24,27,28). The number of rotatable bonds is 8. The lowest BCUT2D eigenvalue weighted by atomic mass is 9.98. The van der Waals surface area contributed by atoms with Crippen LogP contribution in [0.5, 0.6) is 6.01 Å². The third kappa shape index (κ3) is 6.88. The summed E-state index contributed by atoms with van der Waals surface area (Å²) in [5, 5.41) is 8.93. The van der Waals surface area contributed by atoms with Crippen LogP contribution in [0.15, 0.2) is 30.6 Å². The van der Waals surface area contributed by atoms with E-state index in [4.69, 9.17) is 25.4 Å². The van der Waals surface area contributed by atoms with Crippen LogP contribution >= 0.6 is 0 Å². The van der Waals surface area contributed by atoms with E-state index in [1.807, 2.05) is 5.32 Å². The molecule has 1 amide bonds. The molecular weight excluding hydrogens is 405 g/mol. The molecule has 9 nitrogen and oxygen atoms in total. The molecule has 0 spiro atoms. The normalized spacial score (nSPS) is 14.1. The smallest absolute Gasteiger partial charge is 0.414 e. The summed E-state index contributed by atoms with van der Waals surface area (Å²) in [6.07, 6.45) is 8.22. The predicted octanol–water partition coefficient (Wildman–Crippen LogP) is 3.13. The topological polar surface area (TPSA) is 132 Å². The summed E-state index contributed by atoms with van der Waals surface area (Å²) in [4.78, 5) is 19.7. The minimum Gasteiger partial charge on any atom is -0.461 e. The van der Waals surface area contributed by atoms with Crippen LogP contribution in [0.1, 0.15) is 37.7 Å². The number of nitrogens with one attached hydrogen (secondary N) is 2. The lowest BCUT2D eigenvalue weighted by Crippen LogP contribution is -2.36. The Morgan fingerprint density at radius 3 is 2.65 bits per heavy atom. The number of nitrogens with zero attached hydrogens (tertiary/aromatic N) is 2. The van der Waals surface area contributed by atoms with Gasteiger partial charge in [0.15, 0.2) is 5.96 Å². The molecule has 1 fully saturated rings. The van der Waals surface area contributed by atoms with Gasteiger partial charge >= 0.3 is 12.1 Å². The molecule has 3 rings (SSSR count). The van der Waals surface area contributed by atoms with Crippen molar-refractivity contribution in [1.82, 2.24) is 15.3 Å². The lowest BCUT2D eigenvalue weighted by molar-refractivity contribution is 0.0116. The fourth-order valence-corrected chi connectivity index (χ4v) is 3.31. The SMILES string of the molecule is N=C(N)NC(=O)OCc1cccc(-c2cnc(OCCOC3CCCCC3)nc2)c1F. The fraction of sp³-hybridized carbons (Fsp3) is 0.429. The van der Waals surface area contributed by atoms with Crippen LogP contribution in [0, 0.1) is 11.2 Å². The molecule has 0 saturated heterocycles. The first-order valence-corrected chi connectivity index (χ1v) is 10.1. The summed E-state index contributed by atoms with van der Waals surface area (Å²) in [6.45, 7) is 0.505. The second-order valence-corrected chi connectivity index (χ2v) is 7.13. The number of amides is 1. The van der Waals surface area contributed by atoms with Crippen LogP contribution in [-0.2, 0) is 16.1 Å². The van der Waals surface area contributed by atoms with Crippen molar-refractivity contribution < 1.29 is 23.4 Å². The maximum Gasteiger partial charge on any atom is 0.414 e. The summed E-state index contributed by atoms with van der Waals surface area (Å²) in [5.41, 5.74) is 5.93. The van der Waals surface area contributed by atoms with Gasteiger partial charge in [-0.15, -0.1) is 0 Å². The van der Waals surface area contributed by atoms with Crippen molar-refractivity contribution in [3.63, 3.8) is 0 Å². The average molecular weight is 431 g/mol. The fourth-order valence-electron chi connectivity index (χ4n) is 3.31. The number of benzene rings is 1. The number of nitrogens with two attached hydrogens (primary N) is 1. The van der Waals surface area contributed by atoms with Crippen molar-refractivity contribution in [3.05, 3.63) is 42.0 Å². The van der Waals surface area contributed by atoms with Gasteiger partial charge in [0.05, 0.1) is 12.7 Å². The number of halogens is 1. The zero-order valence-corrected chi connectivity index (χ0v) is 17.1. The van der Waals surface area contributed by atoms with E-state index in [2.05, 4.69) is 9.97 Å². The molecule has 10 heteroatoms. The van der Waals surface area contributed by atoms with Crippen molar-refractivity contribution in [2.24, 2.45) is 5.73 Å². The Morgan fingerprint density at radius 2 is 1.94 bits per heavy atom. The highest BCUT2D eigenvalue weighted by atomic mass is 19.1. The van der Waals surface area contributed by atoms with E-state index < -0.39 is 17.9 Å². The number of alkyl carbamates (subject to hydrolysis) is 1. The van der Waals surface area contributed by atoms with E-state index in [9.17, 15) is 9.18 Å². The molecule has 0 atom stereocenters. The second-order valence-electron chi connectivity index (χ2n) is 7.13. The Labute approximate surface area is 179 Å². The first kappa shape index (κ1) is 22.4. The van der Waals surface area contributed by atoms with Crippen molar-refractivity contribution in [2.75, 3.05) is 13.2 Å². The molecule has 0 radical (unpaired) electrons.